The molecule has 4 rings (SSSR count). The first kappa shape index (κ1) is 25.5. The molecule has 1 fully saturated rings. The minimum absolute atomic E-state index is 0.0301. The lowest BCUT2D eigenvalue weighted by Crippen LogP contribution is -2.33. The van der Waals surface area contributed by atoms with Gasteiger partial charge in [-0.1, -0.05) is 30.7 Å². The van der Waals surface area contributed by atoms with Gasteiger partial charge in [0.1, 0.15) is 18.3 Å². The number of carbonyl (C=O) groups excluding carboxylic acids is 1. The predicted molar refractivity (Wildman–Crippen MR) is 131 cm³/mol. The second-order valence-electron chi connectivity index (χ2n) is 9.55. The number of carbonyl (C=O) groups is 3. The Kier molecular flexibility index (Phi) is 8.10. The number of fused-ring (bicyclic) bond motifs is 1. The number of carboxylic acids is 2. The quantitative estimate of drug-likeness (QED) is 0.431. The van der Waals surface area contributed by atoms with Crippen molar-refractivity contribution in [2.75, 3.05) is 20.2 Å². The van der Waals surface area contributed by atoms with Crippen LogP contribution in [0.5, 0.6) is 11.5 Å². The smallest absolute Gasteiger partial charge is 0.339 e. The Labute approximate surface area is 210 Å². The molecule has 0 unspecified atom stereocenters. The molecule has 9 nitrogen and oxygen atoms in total. The van der Waals surface area contributed by atoms with E-state index in [-0.39, 0.29) is 36.7 Å². The summed E-state index contributed by atoms with van der Waals surface area (Å²) in [4.78, 5) is 37.7. The highest BCUT2D eigenvalue weighted by atomic mass is 16.6. The third-order valence-electron chi connectivity index (χ3n) is 6.73. The fourth-order valence-corrected chi connectivity index (χ4v) is 4.57. The first-order valence-electron chi connectivity index (χ1n) is 12.3. The van der Waals surface area contributed by atoms with E-state index in [9.17, 15) is 19.5 Å². The summed E-state index contributed by atoms with van der Waals surface area (Å²) >= 11 is 0. The number of aliphatic carboxylic acids is 1. The van der Waals surface area contributed by atoms with Gasteiger partial charge in [0.15, 0.2) is 11.5 Å². The van der Waals surface area contributed by atoms with Crippen molar-refractivity contribution in [1.82, 2.24) is 10.2 Å². The molecule has 2 aliphatic rings. The highest BCUT2D eigenvalue weighted by molar-refractivity contribution is 5.95. The molecule has 0 spiro atoms. The number of nitrogens with zero attached hydrogens (tertiary/aromatic N) is 1. The van der Waals surface area contributed by atoms with Crippen molar-refractivity contribution in [3.05, 3.63) is 58.7 Å². The summed E-state index contributed by atoms with van der Waals surface area (Å²) in [7, 11) is 1.87. The molecule has 0 radical (unpaired) electrons. The van der Waals surface area contributed by atoms with Gasteiger partial charge in [0.25, 0.3) is 5.91 Å². The molecule has 1 aliphatic heterocycles. The van der Waals surface area contributed by atoms with Crippen molar-refractivity contribution in [2.24, 2.45) is 5.92 Å². The number of rotatable bonds is 11. The van der Waals surface area contributed by atoms with Gasteiger partial charge in [-0.25, -0.2) is 4.79 Å². The van der Waals surface area contributed by atoms with Crippen molar-refractivity contribution >= 4 is 17.8 Å². The van der Waals surface area contributed by atoms with Crippen LogP contribution in [0, 0.1) is 5.92 Å². The lowest BCUT2D eigenvalue weighted by atomic mass is 9.85. The van der Waals surface area contributed by atoms with Gasteiger partial charge < -0.3 is 25.0 Å². The molecule has 1 aliphatic carbocycles. The molecule has 36 heavy (non-hydrogen) atoms. The van der Waals surface area contributed by atoms with Crippen molar-refractivity contribution in [3.63, 3.8) is 0 Å². The molecule has 1 saturated carbocycles. The molecule has 1 amide bonds. The zero-order valence-corrected chi connectivity index (χ0v) is 20.4. The molecule has 0 bridgehead atoms. The third kappa shape index (κ3) is 6.15. The largest absolute Gasteiger partial charge is 0.485 e. The van der Waals surface area contributed by atoms with Gasteiger partial charge in [-0.3, -0.25) is 14.5 Å². The van der Waals surface area contributed by atoms with Crippen LogP contribution in [0.4, 0.5) is 0 Å². The summed E-state index contributed by atoms with van der Waals surface area (Å²) in [6.45, 7) is 1.55. The lowest BCUT2D eigenvalue weighted by Gasteiger charge is -2.28. The summed E-state index contributed by atoms with van der Waals surface area (Å²) in [6.07, 6.45) is 3.32. The fourth-order valence-electron chi connectivity index (χ4n) is 4.57. The van der Waals surface area contributed by atoms with Gasteiger partial charge >= 0.3 is 11.9 Å². The van der Waals surface area contributed by atoms with Crippen LogP contribution in [0.1, 0.15) is 63.9 Å². The Morgan fingerprint density at radius 1 is 1.06 bits per heavy atom. The number of aromatic carboxylic acids is 1. The molecule has 0 aromatic heterocycles. The highest BCUT2D eigenvalue weighted by Gasteiger charge is 2.29. The normalized spacial score (nSPS) is 16.9. The SMILES string of the molecule is CN(Cc1ccccc1C(=O)NCC1CCC1)Cc1ccc2c(c1C(=O)O)OC[C@H](CCC(=O)O)O2. The van der Waals surface area contributed by atoms with Crippen LogP contribution in [0.25, 0.3) is 0 Å². The monoisotopic (exact) mass is 496 g/mol. The summed E-state index contributed by atoms with van der Waals surface area (Å²) < 4.78 is 11.6. The van der Waals surface area contributed by atoms with Crippen molar-refractivity contribution < 1.29 is 34.1 Å². The summed E-state index contributed by atoms with van der Waals surface area (Å²) in [5.74, 6) is -1.11. The number of carboxylic acid groups (broad SMARTS) is 2. The zero-order valence-electron chi connectivity index (χ0n) is 20.4. The Balaban J connectivity index is 1.45. The highest BCUT2D eigenvalue weighted by Crippen LogP contribution is 2.38. The average Bonchev–Trinajstić information content (AvgIpc) is 2.81. The van der Waals surface area contributed by atoms with Crippen molar-refractivity contribution in [1.29, 1.82) is 0 Å². The molecule has 1 heterocycles. The predicted octanol–water partition coefficient (Wildman–Crippen LogP) is 3.55. The molecule has 3 N–H and O–H groups in total. The van der Waals surface area contributed by atoms with E-state index in [1.54, 1.807) is 12.1 Å². The van der Waals surface area contributed by atoms with E-state index in [1.807, 2.05) is 36.2 Å². The number of ether oxygens (including phenoxy) is 2. The van der Waals surface area contributed by atoms with Gasteiger partial charge in [-0.15, -0.1) is 0 Å². The van der Waals surface area contributed by atoms with Gasteiger partial charge in [-0.2, -0.15) is 0 Å². The van der Waals surface area contributed by atoms with E-state index >= 15 is 0 Å². The van der Waals surface area contributed by atoms with Crippen LogP contribution >= 0.6 is 0 Å². The second kappa shape index (κ2) is 11.4. The Morgan fingerprint density at radius 2 is 1.81 bits per heavy atom. The van der Waals surface area contributed by atoms with Crippen LogP contribution in [0.3, 0.4) is 0 Å². The first-order valence-corrected chi connectivity index (χ1v) is 12.3. The Bertz CT molecular complexity index is 1130. The van der Waals surface area contributed by atoms with Crippen molar-refractivity contribution in [3.8, 4) is 11.5 Å². The van der Waals surface area contributed by atoms with E-state index in [1.165, 1.54) is 6.42 Å². The van der Waals surface area contributed by atoms with E-state index < -0.39 is 18.0 Å². The van der Waals surface area contributed by atoms with Gasteiger partial charge in [-0.05, 0) is 55.5 Å². The third-order valence-corrected chi connectivity index (χ3v) is 6.73. The summed E-state index contributed by atoms with van der Waals surface area (Å²) in [5.41, 5.74) is 2.07. The van der Waals surface area contributed by atoms with E-state index in [4.69, 9.17) is 14.6 Å². The van der Waals surface area contributed by atoms with Crippen LogP contribution in [-0.2, 0) is 17.9 Å². The Hall–Kier alpha value is -3.59. The summed E-state index contributed by atoms with van der Waals surface area (Å²) in [6, 6.07) is 10.8. The Morgan fingerprint density at radius 3 is 2.50 bits per heavy atom. The number of benzene rings is 2. The number of amides is 1. The van der Waals surface area contributed by atoms with Gasteiger partial charge in [0.2, 0.25) is 0 Å². The maximum absolute atomic E-state index is 12.8. The van der Waals surface area contributed by atoms with Crippen LogP contribution in [0.2, 0.25) is 0 Å². The standard InChI is InChI=1S/C27H32N2O7/c1-29(14-18-7-2-3-8-21(18)26(32)28-13-17-5-4-6-17)15-19-9-11-22-25(24(19)27(33)34)35-16-20(36-22)10-12-23(30)31/h2-3,7-9,11,17,20H,4-6,10,12-16H2,1H3,(H,28,32)(H,30,31)(H,33,34)/t20-/m0/s1. The zero-order chi connectivity index (χ0) is 25.7. The molecule has 9 heteroatoms. The lowest BCUT2D eigenvalue weighted by molar-refractivity contribution is -0.137. The minimum Gasteiger partial charge on any atom is -0.485 e. The number of nitrogens with one attached hydrogen (secondary N) is 1. The van der Waals surface area contributed by atoms with Crippen LogP contribution < -0.4 is 14.8 Å². The second-order valence-corrected chi connectivity index (χ2v) is 9.55. The number of hydrogen-bond acceptors (Lipinski definition) is 6. The first-order chi connectivity index (χ1) is 17.3. The maximum atomic E-state index is 12.8. The van der Waals surface area contributed by atoms with E-state index in [0.717, 1.165) is 18.4 Å². The molecular formula is C27H32N2O7. The molecule has 2 aromatic carbocycles. The maximum Gasteiger partial charge on any atom is 0.339 e. The molecule has 192 valence electrons. The minimum atomic E-state index is -1.13. The summed E-state index contributed by atoms with van der Waals surface area (Å²) in [5, 5.41) is 21.9. The molecule has 1 atom stereocenters. The fraction of sp³-hybridized carbons (Fsp3) is 0.444. The van der Waals surface area contributed by atoms with Crippen LogP contribution in [-0.4, -0.2) is 59.3 Å². The molecule has 2 aromatic rings. The average molecular weight is 497 g/mol. The molecule has 0 saturated heterocycles. The van der Waals surface area contributed by atoms with Gasteiger partial charge in [0, 0.05) is 31.6 Å². The topological polar surface area (TPSA) is 125 Å². The number of hydrogen-bond donors (Lipinski definition) is 3. The van der Waals surface area contributed by atoms with Crippen molar-refractivity contribution in [2.45, 2.75) is 51.3 Å². The van der Waals surface area contributed by atoms with Crippen LogP contribution in [0.15, 0.2) is 36.4 Å². The molecular weight excluding hydrogens is 464 g/mol. The van der Waals surface area contributed by atoms with Gasteiger partial charge in [0.05, 0.1) is 0 Å². The van der Waals surface area contributed by atoms with E-state index in [2.05, 4.69) is 5.32 Å². The van der Waals surface area contributed by atoms with E-state index in [0.29, 0.717) is 42.4 Å².